The molecule has 2 N–H and O–H groups in total. The highest BCUT2D eigenvalue weighted by molar-refractivity contribution is 5.44. The number of hydrogen-bond donors (Lipinski definition) is 1. The first-order valence-electron chi connectivity index (χ1n) is 4.07. The molecule has 0 saturated heterocycles. The van der Waals surface area contributed by atoms with Crippen LogP contribution >= 0.6 is 0 Å². The van der Waals surface area contributed by atoms with Crippen LogP contribution in [0.3, 0.4) is 0 Å². The van der Waals surface area contributed by atoms with Gasteiger partial charge in [-0.3, -0.25) is 0 Å². The van der Waals surface area contributed by atoms with E-state index in [9.17, 15) is 8.78 Å². The van der Waals surface area contributed by atoms with E-state index in [1.165, 1.54) is 6.07 Å². The SMILES string of the molecule is CC(C)(C)c1cc(N)cc(F)c1F. The van der Waals surface area contributed by atoms with Gasteiger partial charge in [-0.1, -0.05) is 20.8 Å². The third kappa shape index (κ3) is 1.97. The molecule has 0 aliphatic carbocycles. The van der Waals surface area contributed by atoms with Crippen LogP contribution < -0.4 is 5.73 Å². The van der Waals surface area contributed by atoms with E-state index in [0.717, 1.165) is 6.07 Å². The molecule has 0 amide bonds. The highest BCUT2D eigenvalue weighted by atomic mass is 19.2. The van der Waals surface area contributed by atoms with Crippen molar-refractivity contribution >= 4 is 5.69 Å². The Bertz CT molecular complexity index is 326. The lowest BCUT2D eigenvalue weighted by molar-refractivity contribution is 0.465. The highest BCUT2D eigenvalue weighted by Crippen LogP contribution is 2.28. The quantitative estimate of drug-likeness (QED) is 0.618. The van der Waals surface area contributed by atoms with Crippen molar-refractivity contribution < 1.29 is 8.78 Å². The zero-order valence-corrected chi connectivity index (χ0v) is 7.99. The lowest BCUT2D eigenvalue weighted by Gasteiger charge is -2.20. The van der Waals surface area contributed by atoms with Crippen molar-refractivity contribution in [3.8, 4) is 0 Å². The van der Waals surface area contributed by atoms with Crippen molar-refractivity contribution in [3.05, 3.63) is 29.3 Å². The molecule has 0 bridgehead atoms. The second-order valence-electron chi connectivity index (χ2n) is 4.11. The van der Waals surface area contributed by atoms with E-state index in [0.29, 0.717) is 5.56 Å². The van der Waals surface area contributed by atoms with Crippen molar-refractivity contribution in [2.45, 2.75) is 26.2 Å². The fourth-order valence-corrected chi connectivity index (χ4v) is 1.16. The summed E-state index contributed by atoms with van der Waals surface area (Å²) < 4.78 is 26.2. The minimum absolute atomic E-state index is 0.254. The normalized spacial score (nSPS) is 11.8. The zero-order valence-electron chi connectivity index (χ0n) is 7.99. The lowest BCUT2D eigenvalue weighted by atomic mass is 9.86. The van der Waals surface area contributed by atoms with Gasteiger partial charge in [-0.25, -0.2) is 8.78 Å². The van der Waals surface area contributed by atoms with Gasteiger partial charge in [-0.05, 0) is 23.1 Å². The molecule has 1 rings (SSSR count). The monoisotopic (exact) mass is 185 g/mol. The van der Waals surface area contributed by atoms with Gasteiger partial charge in [0.25, 0.3) is 0 Å². The third-order valence-electron chi connectivity index (χ3n) is 1.86. The summed E-state index contributed by atoms with van der Waals surface area (Å²) in [4.78, 5) is 0. The second kappa shape index (κ2) is 2.98. The lowest BCUT2D eigenvalue weighted by Crippen LogP contribution is -2.15. The standard InChI is InChI=1S/C10H13F2N/c1-10(2,3)7-4-6(13)5-8(11)9(7)12/h4-5H,13H2,1-3H3. The van der Waals surface area contributed by atoms with E-state index in [1.807, 2.05) is 20.8 Å². The van der Waals surface area contributed by atoms with Crippen LogP contribution in [0.4, 0.5) is 14.5 Å². The van der Waals surface area contributed by atoms with Gasteiger partial charge in [-0.2, -0.15) is 0 Å². The predicted octanol–water partition coefficient (Wildman–Crippen LogP) is 2.84. The molecule has 72 valence electrons. The Balaban J connectivity index is 3.37. The average molecular weight is 185 g/mol. The van der Waals surface area contributed by atoms with Gasteiger partial charge in [0.1, 0.15) is 0 Å². The van der Waals surface area contributed by atoms with E-state index in [-0.39, 0.29) is 5.69 Å². The van der Waals surface area contributed by atoms with Crippen LogP contribution in [0.25, 0.3) is 0 Å². The maximum Gasteiger partial charge on any atom is 0.162 e. The van der Waals surface area contributed by atoms with Crippen LogP contribution in [0.5, 0.6) is 0 Å². The number of anilines is 1. The number of nitrogen functional groups attached to an aromatic ring is 1. The van der Waals surface area contributed by atoms with Gasteiger partial charge in [0.2, 0.25) is 0 Å². The highest BCUT2D eigenvalue weighted by Gasteiger charge is 2.21. The molecule has 0 aliphatic heterocycles. The van der Waals surface area contributed by atoms with Crippen molar-refractivity contribution in [2.75, 3.05) is 5.73 Å². The first kappa shape index (κ1) is 9.96. The molecule has 13 heavy (non-hydrogen) atoms. The number of benzene rings is 1. The minimum Gasteiger partial charge on any atom is -0.399 e. The molecule has 0 saturated carbocycles. The van der Waals surface area contributed by atoms with E-state index in [2.05, 4.69) is 0 Å². The van der Waals surface area contributed by atoms with E-state index in [1.54, 1.807) is 0 Å². The Kier molecular flexibility index (Phi) is 2.28. The van der Waals surface area contributed by atoms with Crippen molar-refractivity contribution in [3.63, 3.8) is 0 Å². The summed E-state index contributed by atoms with van der Waals surface area (Å²) in [6.45, 7) is 5.43. The van der Waals surface area contributed by atoms with Gasteiger partial charge < -0.3 is 5.73 Å². The smallest absolute Gasteiger partial charge is 0.162 e. The van der Waals surface area contributed by atoms with Gasteiger partial charge in [0, 0.05) is 5.69 Å². The predicted molar refractivity (Wildman–Crippen MR) is 49.5 cm³/mol. The average Bonchev–Trinajstić information content (AvgIpc) is 1.94. The Morgan fingerprint density at radius 2 is 1.69 bits per heavy atom. The molecule has 0 aliphatic rings. The van der Waals surface area contributed by atoms with Gasteiger partial charge in [0.15, 0.2) is 11.6 Å². The molecule has 0 heterocycles. The first-order valence-corrected chi connectivity index (χ1v) is 4.07. The molecular formula is C10H13F2N. The summed E-state index contributed by atoms with van der Waals surface area (Å²) in [7, 11) is 0. The summed E-state index contributed by atoms with van der Waals surface area (Å²) in [6, 6.07) is 2.46. The first-order chi connectivity index (χ1) is 5.82. The minimum atomic E-state index is -0.884. The van der Waals surface area contributed by atoms with Gasteiger partial charge >= 0.3 is 0 Å². The molecule has 1 nitrogen and oxygen atoms in total. The molecule has 0 spiro atoms. The van der Waals surface area contributed by atoms with Gasteiger partial charge in [0.05, 0.1) is 0 Å². The fourth-order valence-electron chi connectivity index (χ4n) is 1.16. The Morgan fingerprint density at radius 3 is 2.15 bits per heavy atom. The van der Waals surface area contributed by atoms with Crippen LogP contribution in [0.15, 0.2) is 12.1 Å². The largest absolute Gasteiger partial charge is 0.399 e. The third-order valence-corrected chi connectivity index (χ3v) is 1.86. The van der Waals surface area contributed by atoms with Crippen LogP contribution in [-0.4, -0.2) is 0 Å². The number of rotatable bonds is 0. The molecule has 0 radical (unpaired) electrons. The van der Waals surface area contributed by atoms with Crippen molar-refractivity contribution in [1.82, 2.24) is 0 Å². The summed E-state index contributed by atoms with van der Waals surface area (Å²) in [5, 5.41) is 0. The molecule has 0 unspecified atom stereocenters. The van der Waals surface area contributed by atoms with Crippen molar-refractivity contribution in [1.29, 1.82) is 0 Å². The van der Waals surface area contributed by atoms with Crippen LogP contribution in [-0.2, 0) is 5.41 Å². The summed E-state index contributed by atoms with van der Waals surface area (Å²) in [5.74, 6) is -1.69. The molecule has 0 atom stereocenters. The zero-order chi connectivity index (χ0) is 10.2. The topological polar surface area (TPSA) is 26.0 Å². The molecule has 0 fully saturated rings. The van der Waals surface area contributed by atoms with E-state index >= 15 is 0 Å². The van der Waals surface area contributed by atoms with E-state index in [4.69, 9.17) is 5.73 Å². The fraction of sp³-hybridized carbons (Fsp3) is 0.400. The Morgan fingerprint density at radius 1 is 1.15 bits per heavy atom. The van der Waals surface area contributed by atoms with Crippen LogP contribution in [0, 0.1) is 11.6 Å². The summed E-state index contributed by atoms with van der Waals surface area (Å²) in [6.07, 6.45) is 0. The second-order valence-corrected chi connectivity index (χ2v) is 4.11. The molecule has 1 aromatic rings. The van der Waals surface area contributed by atoms with Crippen LogP contribution in [0.2, 0.25) is 0 Å². The Labute approximate surface area is 76.6 Å². The summed E-state index contributed by atoms with van der Waals surface area (Å²) in [5.41, 5.74) is 5.55. The summed E-state index contributed by atoms with van der Waals surface area (Å²) >= 11 is 0. The molecule has 0 aromatic heterocycles. The molecular weight excluding hydrogens is 172 g/mol. The number of nitrogens with two attached hydrogens (primary N) is 1. The molecule has 1 aromatic carbocycles. The van der Waals surface area contributed by atoms with Crippen LogP contribution in [0.1, 0.15) is 26.3 Å². The van der Waals surface area contributed by atoms with Crippen molar-refractivity contribution in [2.24, 2.45) is 0 Å². The Hall–Kier alpha value is -1.12. The van der Waals surface area contributed by atoms with E-state index < -0.39 is 17.0 Å². The number of hydrogen-bond acceptors (Lipinski definition) is 1. The maximum absolute atomic E-state index is 13.2. The van der Waals surface area contributed by atoms with Gasteiger partial charge in [-0.15, -0.1) is 0 Å². The number of halogens is 2. The maximum atomic E-state index is 13.2. The molecule has 3 heteroatoms.